The molecule has 0 atom stereocenters. The van der Waals surface area contributed by atoms with Crippen LogP contribution in [0.25, 0.3) is 0 Å². The largest absolute Gasteiger partial charge is 0.299 e. The van der Waals surface area contributed by atoms with E-state index in [4.69, 9.17) is 5.21 Å². The van der Waals surface area contributed by atoms with Crippen LogP contribution in [0.4, 0.5) is 0 Å². The maximum atomic E-state index is 7.97. The molecule has 5 heteroatoms. The van der Waals surface area contributed by atoms with Gasteiger partial charge < -0.3 is 0 Å². The maximum Gasteiger partial charge on any atom is 0.0368 e. The van der Waals surface area contributed by atoms with E-state index in [1.807, 2.05) is 0 Å². The van der Waals surface area contributed by atoms with E-state index in [0.29, 0.717) is 11.7 Å². The van der Waals surface area contributed by atoms with Crippen LogP contribution in [0.2, 0.25) is 0 Å². The van der Waals surface area contributed by atoms with Gasteiger partial charge in [0, 0.05) is 6.54 Å². The lowest BCUT2D eigenvalue weighted by molar-refractivity contribution is -0.0882. The van der Waals surface area contributed by atoms with Gasteiger partial charge in [0.05, 0.1) is 0 Å². The van der Waals surface area contributed by atoms with Crippen LogP contribution in [0.5, 0.6) is 0 Å². The highest BCUT2D eigenvalue weighted by Crippen LogP contribution is 1.56. The van der Waals surface area contributed by atoms with E-state index in [9.17, 15) is 0 Å². The first kappa shape index (κ1) is 10.7. The molecule has 5 nitrogen and oxygen atoms in total. The molecule has 0 aliphatic carbocycles. The van der Waals surface area contributed by atoms with Crippen LogP contribution in [0.3, 0.4) is 0 Å². The first-order chi connectivity index (χ1) is 3.68. The van der Waals surface area contributed by atoms with Gasteiger partial charge in [0.15, 0.2) is 0 Å². The number of nitrogens with two attached hydrogens (primary N) is 2. The third kappa shape index (κ3) is 41.2. The molecule has 52 valence electrons. The quantitative estimate of drug-likeness (QED) is 0.255. The van der Waals surface area contributed by atoms with Gasteiger partial charge >= 0.3 is 0 Å². The Labute approximate surface area is 49.2 Å². The predicted octanol–water partition coefficient (Wildman–Crippen LogP) is -1.35. The summed E-state index contributed by atoms with van der Waals surface area (Å²) >= 11 is 0. The Morgan fingerprint density at radius 3 is 1.88 bits per heavy atom. The molecule has 0 aliphatic rings. The standard InChI is InChI=1S/C2H8N2O.CH6N2/c1-2-4(3)5;1-3-2/h5H,2-3H2,1H3;3H,2H2,1H3. The number of hydrogen-bond acceptors (Lipinski definition) is 5. The summed E-state index contributed by atoms with van der Waals surface area (Å²) in [6.07, 6.45) is 0. The topological polar surface area (TPSA) is 87.5 Å². The number of rotatable bonds is 1. The molecule has 0 radical (unpaired) electrons. The summed E-state index contributed by atoms with van der Waals surface area (Å²) in [5.41, 5.74) is 2.25. The van der Waals surface area contributed by atoms with Crippen molar-refractivity contribution < 1.29 is 5.21 Å². The van der Waals surface area contributed by atoms with Gasteiger partial charge in [0.1, 0.15) is 0 Å². The fraction of sp³-hybridized carbons (Fsp3) is 1.00. The number of nitrogens with one attached hydrogen (secondary N) is 1. The Hall–Kier alpha value is -0.200. The molecular weight excluding hydrogens is 108 g/mol. The van der Waals surface area contributed by atoms with E-state index >= 15 is 0 Å². The van der Waals surface area contributed by atoms with E-state index in [2.05, 4.69) is 17.1 Å². The Kier molecular flexibility index (Phi) is 13.3. The Morgan fingerprint density at radius 1 is 1.75 bits per heavy atom. The monoisotopic (exact) mass is 122 g/mol. The Balaban J connectivity index is 0. The molecule has 0 aromatic carbocycles. The normalized spacial score (nSPS) is 8.25. The SMILES string of the molecule is CCN(N)O.CNN. The van der Waals surface area contributed by atoms with Crippen LogP contribution in [-0.4, -0.2) is 24.0 Å². The molecular formula is C3H14N4O. The lowest BCUT2D eigenvalue weighted by Crippen LogP contribution is -2.25. The fourth-order valence-corrected chi connectivity index (χ4v) is 0. The van der Waals surface area contributed by atoms with Crippen LogP contribution in [-0.2, 0) is 0 Å². The first-order valence-electron chi connectivity index (χ1n) is 2.27. The van der Waals surface area contributed by atoms with Crippen LogP contribution in [0.1, 0.15) is 6.92 Å². The number of hydrogen-bond donors (Lipinski definition) is 4. The van der Waals surface area contributed by atoms with Gasteiger partial charge in [0.2, 0.25) is 0 Å². The molecule has 0 rings (SSSR count). The maximum absolute atomic E-state index is 7.97. The molecule has 0 aliphatic heterocycles. The summed E-state index contributed by atoms with van der Waals surface area (Å²) in [5, 5.41) is 8.60. The zero-order chi connectivity index (χ0) is 6.99. The highest BCUT2D eigenvalue weighted by Gasteiger charge is 1.74. The number of nitrogens with zero attached hydrogens (tertiary/aromatic N) is 1. The molecule has 0 saturated heterocycles. The van der Waals surface area contributed by atoms with Crippen LogP contribution in [0, 0.1) is 0 Å². The molecule has 0 amide bonds. The molecule has 0 bridgehead atoms. The number of hydrazine groups is 2. The van der Waals surface area contributed by atoms with Crippen LogP contribution in [0.15, 0.2) is 0 Å². The summed E-state index contributed by atoms with van der Waals surface area (Å²) in [5.74, 6) is 9.28. The highest BCUT2D eigenvalue weighted by atomic mass is 16.5. The van der Waals surface area contributed by atoms with Gasteiger partial charge in [-0.1, -0.05) is 0 Å². The fourth-order valence-electron chi connectivity index (χ4n) is 0. The van der Waals surface area contributed by atoms with Crippen LogP contribution >= 0.6 is 0 Å². The van der Waals surface area contributed by atoms with Gasteiger partial charge in [-0.05, 0) is 14.0 Å². The Bertz CT molecular complexity index is 32.5. The second-order valence-electron chi connectivity index (χ2n) is 1.04. The van der Waals surface area contributed by atoms with Gasteiger partial charge in [-0.2, -0.15) is 0 Å². The van der Waals surface area contributed by atoms with Crippen molar-refractivity contribution in [1.29, 1.82) is 0 Å². The average molecular weight is 122 g/mol. The molecule has 0 fully saturated rings. The van der Waals surface area contributed by atoms with Gasteiger partial charge in [0.25, 0.3) is 0 Å². The number of hydroxylamine groups is 1. The minimum Gasteiger partial charge on any atom is -0.299 e. The van der Waals surface area contributed by atoms with Crippen LogP contribution < -0.4 is 17.1 Å². The van der Waals surface area contributed by atoms with Crippen molar-refractivity contribution >= 4 is 0 Å². The summed E-state index contributed by atoms with van der Waals surface area (Å²) in [4.78, 5) is 0. The molecule has 0 unspecified atom stereocenters. The van der Waals surface area contributed by atoms with Crippen molar-refractivity contribution in [2.45, 2.75) is 6.92 Å². The minimum absolute atomic E-state index is 0.472. The van der Waals surface area contributed by atoms with Crippen molar-refractivity contribution in [2.75, 3.05) is 13.6 Å². The summed E-state index contributed by atoms with van der Waals surface area (Å²) in [7, 11) is 1.65. The smallest absolute Gasteiger partial charge is 0.0368 e. The molecule has 6 N–H and O–H groups in total. The third-order valence-corrected chi connectivity index (χ3v) is 0.324. The lowest BCUT2D eigenvalue weighted by atomic mass is 10.8. The van der Waals surface area contributed by atoms with E-state index in [0.717, 1.165) is 0 Å². The van der Waals surface area contributed by atoms with Crippen molar-refractivity contribution in [3.63, 3.8) is 0 Å². The van der Waals surface area contributed by atoms with E-state index in [1.165, 1.54) is 0 Å². The molecule has 0 saturated carbocycles. The Morgan fingerprint density at radius 2 is 1.88 bits per heavy atom. The lowest BCUT2D eigenvalue weighted by Gasteiger charge is -1.97. The molecule has 0 aromatic heterocycles. The highest BCUT2D eigenvalue weighted by molar-refractivity contribution is 4.10. The third-order valence-electron chi connectivity index (χ3n) is 0.324. The molecule has 0 aromatic rings. The zero-order valence-corrected chi connectivity index (χ0v) is 5.26. The second kappa shape index (κ2) is 9.93. The van der Waals surface area contributed by atoms with Crippen molar-refractivity contribution in [3.8, 4) is 0 Å². The van der Waals surface area contributed by atoms with Crippen molar-refractivity contribution in [2.24, 2.45) is 11.7 Å². The van der Waals surface area contributed by atoms with Crippen molar-refractivity contribution in [1.82, 2.24) is 10.6 Å². The molecule has 0 spiro atoms. The van der Waals surface area contributed by atoms with Gasteiger partial charge in [-0.15, -0.1) is 5.17 Å². The zero-order valence-electron chi connectivity index (χ0n) is 5.26. The van der Waals surface area contributed by atoms with E-state index in [1.54, 1.807) is 14.0 Å². The summed E-state index contributed by atoms with van der Waals surface area (Å²) < 4.78 is 0. The van der Waals surface area contributed by atoms with E-state index in [-0.39, 0.29) is 0 Å². The second-order valence-corrected chi connectivity index (χ2v) is 1.04. The molecule has 0 heterocycles. The van der Waals surface area contributed by atoms with E-state index < -0.39 is 0 Å². The summed E-state index contributed by atoms with van der Waals surface area (Å²) in [6, 6.07) is 0. The summed E-state index contributed by atoms with van der Waals surface area (Å²) in [6.45, 7) is 2.22. The molecule has 8 heavy (non-hydrogen) atoms. The van der Waals surface area contributed by atoms with Gasteiger partial charge in [-0.3, -0.25) is 16.5 Å². The minimum atomic E-state index is 0.472. The van der Waals surface area contributed by atoms with Crippen molar-refractivity contribution in [3.05, 3.63) is 0 Å². The first-order valence-corrected chi connectivity index (χ1v) is 2.27. The average Bonchev–Trinajstić information content (AvgIpc) is 1.69. The predicted molar refractivity (Wildman–Crippen MR) is 31.6 cm³/mol. The van der Waals surface area contributed by atoms with Gasteiger partial charge in [-0.25, -0.2) is 5.84 Å².